The van der Waals surface area contributed by atoms with Gasteiger partial charge in [-0.05, 0) is 24.3 Å². The van der Waals surface area contributed by atoms with Crippen LogP contribution in [0, 0.1) is 0 Å². The van der Waals surface area contributed by atoms with Gasteiger partial charge < -0.3 is 10.4 Å². The van der Waals surface area contributed by atoms with Crippen molar-refractivity contribution in [3.8, 4) is 11.4 Å². The van der Waals surface area contributed by atoms with E-state index in [0.29, 0.717) is 33.2 Å². The Morgan fingerprint density at radius 1 is 1.24 bits per heavy atom. The summed E-state index contributed by atoms with van der Waals surface area (Å²) in [6.45, 7) is 0.575. The largest absolute Gasteiger partial charge is 0.387 e. The summed E-state index contributed by atoms with van der Waals surface area (Å²) < 4.78 is 1.83. The number of hydrogen-bond donors (Lipinski definition) is 2. The van der Waals surface area contributed by atoms with Gasteiger partial charge in [0.25, 0.3) is 0 Å². The molecule has 4 rings (SSSR count). The molecular weight excluding hydrogens is 379 g/mol. The summed E-state index contributed by atoms with van der Waals surface area (Å²) in [5, 5.41) is 19.8. The molecule has 0 unspecified atom stereocenters. The van der Waals surface area contributed by atoms with Gasteiger partial charge in [0.15, 0.2) is 5.82 Å². The minimum absolute atomic E-state index is 0.403. The number of aromatic nitrogens is 3. The lowest BCUT2D eigenvalue weighted by atomic mass is 10.1. The van der Waals surface area contributed by atoms with Crippen molar-refractivity contribution in [1.82, 2.24) is 14.8 Å². The quantitative estimate of drug-likeness (QED) is 0.641. The van der Waals surface area contributed by atoms with Crippen LogP contribution in [0.5, 0.6) is 0 Å². The van der Waals surface area contributed by atoms with Gasteiger partial charge in [0.05, 0.1) is 6.10 Å². The van der Waals surface area contributed by atoms with Crippen molar-refractivity contribution in [1.29, 1.82) is 0 Å². The number of thioether (sulfide) groups is 1. The molecule has 0 spiro atoms. The third kappa shape index (κ3) is 3.35. The molecule has 1 atom stereocenters. The van der Waals surface area contributed by atoms with Crippen molar-refractivity contribution in [2.45, 2.75) is 17.9 Å². The maximum Gasteiger partial charge on any atom is 0.209 e. The standard InChI is InChI=1S/C17H14Cl2N4OS/c18-10-5-6-11(13(19)7-10)15(24)8-25-17-21-16-12-3-1-2-4-14(12)20-9-23(16)22-17/h1-7,15,20,24H,8-9H2/t15-/m0/s1. The van der Waals surface area contributed by atoms with Crippen LogP contribution in [0.3, 0.4) is 0 Å². The molecule has 2 heterocycles. The molecule has 0 aliphatic carbocycles. The van der Waals surface area contributed by atoms with E-state index < -0.39 is 6.10 Å². The minimum Gasteiger partial charge on any atom is -0.387 e. The number of hydrogen-bond acceptors (Lipinski definition) is 5. The van der Waals surface area contributed by atoms with Crippen LogP contribution in [0.1, 0.15) is 11.7 Å². The number of rotatable bonds is 4. The Bertz CT molecular complexity index is 931. The van der Waals surface area contributed by atoms with E-state index in [9.17, 15) is 5.11 Å². The van der Waals surface area contributed by atoms with Gasteiger partial charge in [-0.1, -0.05) is 53.2 Å². The van der Waals surface area contributed by atoms with E-state index in [-0.39, 0.29) is 0 Å². The van der Waals surface area contributed by atoms with E-state index in [0.717, 1.165) is 17.1 Å². The molecule has 0 radical (unpaired) electrons. The lowest BCUT2D eigenvalue weighted by molar-refractivity contribution is 0.204. The summed E-state index contributed by atoms with van der Waals surface area (Å²) in [5.74, 6) is 1.23. The zero-order chi connectivity index (χ0) is 17.4. The number of halogens is 2. The predicted octanol–water partition coefficient (Wildman–Crippen LogP) is 4.46. The first-order valence-corrected chi connectivity index (χ1v) is 9.40. The Kier molecular flexibility index (Phi) is 4.60. The van der Waals surface area contributed by atoms with Crippen molar-refractivity contribution >= 4 is 40.7 Å². The molecule has 3 aromatic rings. The summed E-state index contributed by atoms with van der Waals surface area (Å²) in [5.41, 5.74) is 2.72. The molecule has 1 aromatic heterocycles. The van der Waals surface area contributed by atoms with Gasteiger partial charge in [0, 0.05) is 32.6 Å². The third-order valence-electron chi connectivity index (χ3n) is 3.93. The Morgan fingerprint density at radius 3 is 2.92 bits per heavy atom. The molecule has 0 saturated heterocycles. The second kappa shape index (κ2) is 6.88. The van der Waals surface area contributed by atoms with Crippen LogP contribution >= 0.6 is 35.0 Å². The van der Waals surface area contributed by atoms with Crippen LogP contribution in [-0.2, 0) is 6.67 Å². The molecule has 128 valence electrons. The maximum absolute atomic E-state index is 10.4. The van der Waals surface area contributed by atoms with Gasteiger partial charge in [0.1, 0.15) is 6.67 Å². The van der Waals surface area contributed by atoms with Gasteiger partial charge in [0.2, 0.25) is 5.16 Å². The normalized spacial score (nSPS) is 13.7. The lowest BCUT2D eigenvalue weighted by Crippen LogP contribution is -2.16. The van der Waals surface area contributed by atoms with E-state index in [4.69, 9.17) is 23.2 Å². The summed E-state index contributed by atoms with van der Waals surface area (Å²) in [7, 11) is 0. The van der Waals surface area contributed by atoms with E-state index in [1.165, 1.54) is 11.8 Å². The van der Waals surface area contributed by atoms with Crippen LogP contribution in [-0.4, -0.2) is 25.6 Å². The Balaban J connectivity index is 1.51. The van der Waals surface area contributed by atoms with Crippen molar-refractivity contribution in [3.63, 3.8) is 0 Å². The maximum atomic E-state index is 10.4. The van der Waals surface area contributed by atoms with Crippen LogP contribution in [0.4, 0.5) is 5.69 Å². The summed E-state index contributed by atoms with van der Waals surface area (Å²) in [6.07, 6.45) is -0.722. The Morgan fingerprint density at radius 2 is 2.08 bits per heavy atom. The fraction of sp³-hybridized carbons (Fsp3) is 0.176. The smallest absolute Gasteiger partial charge is 0.209 e. The van der Waals surface area contributed by atoms with Crippen LogP contribution < -0.4 is 5.32 Å². The van der Waals surface area contributed by atoms with Crippen molar-refractivity contribution < 1.29 is 5.11 Å². The first-order valence-electron chi connectivity index (χ1n) is 7.66. The highest BCUT2D eigenvalue weighted by Gasteiger charge is 2.20. The number of nitrogens with one attached hydrogen (secondary N) is 1. The number of benzene rings is 2. The molecule has 0 bridgehead atoms. The SMILES string of the molecule is O[C@@H](CSc1nc2n(n1)CNc1ccccc1-2)c1ccc(Cl)cc1Cl. The fourth-order valence-electron chi connectivity index (χ4n) is 2.70. The lowest BCUT2D eigenvalue weighted by Gasteiger charge is -2.17. The zero-order valence-electron chi connectivity index (χ0n) is 13.0. The van der Waals surface area contributed by atoms with Gasteiger partial charge in [-0.3, -0.25) is 0 Å². The predicted molar refractivity (Wildman–Crippen MR) is 101 cm³/mol. The molecule has 5 nitrogen and oxygen atoms in total. The zero-order valence-corrected chi connectivity index (χ0v) is 15.3. The Hall–Kier alpha value is -1.73. The number of aliphatic hydroxyl groups excluding tert-OH is 1. The average Bonchev–Trinajstić information content (AvgIpc) is 3.03. The van der Waals surface area contributed by atoms with Crippen LogP contribution in [0.25, 0.3) is 11.4 Å². The number of anilines is 1. The van der Waals surface area contributed by atoms with Gasteiger partial charge in [-0.25, -0.2) is 9.67 Å². The first kappa shape index (κ1) is 16.7. The molecule has 1 aliphatic rings. The average molecular weight is 393 g/mol. The first-order chi connectivity index (χ1) is 12.1. The highest BCUT2D eigenvalue weighted by molar-refractivity contribution is 7.99. The molecule has 2 N–H and O–H groups in total. The molecular formula is C17H14Cl2N4OS. The van der Waals surface area contributed by atoms with Crippen LogP contribution in [0.15, 0.2) is 47.6 Å². The molecule has 0 saturated carbocycles. The third-order valence-corrected chi connectivity index (χ3v) is 5.41. The Labute approximate surface area is 159 Å². The van der Waals surface area contributed by atoms with E-state index >= 15 is 0 Å². The number of para-hydroxylation sites is 1. The van der Waals surface area contributed by atoms with E-state index in [1.54, 1.807) is 18.2 Å². The number of fused-ring (bicyclic) bond motifs is 3. The highest BCUT2D eigenvalue weighted by Crippen LogP contribution is 2.33. The second-order valence-corrected chi connectivity index (χ2v) is 7.42. The molecule has 0 amide bonds. The van der Waals surface area contributed by atoms with E-state index in [1.807, 2.05) is 28.9 Å². The van der Waals surface area contributed by atoms with Crippen LogP contribution in [0.2, 0.25) is 10.0 Å². The van der Waals surface area contributed by atoms with Gasteiger partial charge in [-0.15, -0.1) is 5.10 Å². The summed E-state index contributed by atoms with van der Waals surface area (Å²) in [4.78, 5) is 4.60. The van der Waals surface area contributed by atoms with Crippen molar-refractivity contribution in [3.05, 3.63) is 58.1 Å². The van der Waals surface area contributed by atoms with Crippen molar-refractivity contribution in [2.75, 3.05) is 11.1 Å². The minimum atomic E-state index is -0.722. The molecule has 1 aliphatic heterocycles. The molecule has 0 fully saturated rings. The highest BCUT2D eigenvalue weighted by atomic mass is 35.5. The number of nitrogens with zero attached hydrogens (tertiary/aromatic N) is 3. The number of aliphatic hydroxyl groups is 1. The topological polar surface area (TPSA) is 63.0 Å². The fourth-order valence-corrected chi connectivity index (χ4v) is 4.03. The molecule has 25 heavy (non-hydrogen) atoms. The van der Waals surface area contributed by atoms with Gasteiger partial charge in [-0.2, -0.15) is 0 Å². The van der Waals surface area contributed by atoms with Gasteiger partial charge >= 0.3 is 0 Å². The van der Waals surface area contributed by atoms with Crippen molar-refractivity contribution in [2.24, 2.45) is 0 Å². The monoisotopic (exact) mass is 392 g/mol. The molecule has 8 heteroatoms. The summed E-state index contributed by atoms with van der Waals surface area (Å²) >= 11 is 13.4. The second-order valence-electron chi connectivity index (χ2n) is 5.59. The molecule has 2 aromatic carbocycles. The summed E-state index contributed by atoms with van der Waals surface area (Å²) in [6, 6.07) is 13.1. The van der Waals surface area contributed by atoms with E-state index in [2.05, 4.69) is 15.4 Å².